The van der Waals surface area contributed by atoms with Crippen LogP contribution >= 0.6 is 0 Å². The number of nitrogens with one attached hydrogen (secondary N) is 1. The lowest BCUT2D eigenvalue weighted by atomic mass is 10.1. The van der Waals surface area contributed by atoms with Crippen LogP contribution in [0.2, 0.25) is 0 Å². The molecule has 1 N–H and O–H groups in total. The molecule has 0 bridgehead atoms. The van der Waals surface area contributed by atoms with Gasteiger partial charge < -0.3 is 19.5 Å². The van der Waals surface area contributed by atoms with E-state index in [-0.39, 0.29) is 0 Å². The summed E-state index contributed by atoms with van der Waals surface area (Å²) in [4.78, 5) is 24.4. The fourth-order valence-electron chi connectivity index (χ4n) is 2.15. The van der Waals surface area contributed by atoms with Crippen LogP contribution in [0.3, 0.4) is 0 Å². The van der Waals surface area contributed by atoms with Crippen LogP contribution in [-0.2, 0) is 9.53 Å². The minimum Gasteiger partial charge on any atom is -0.497 e. The molecular formula is C19H21NO5. The van der Waals surface area contributed by atoms with Crippen molar-refractivity contribution in [3.63, 3.8) is 0 Å². The first-order chi connectivity index (χ1) is 11.9. The van der Waals surface area contributed by atoms with Crippen LogP contribution in [0.4, 0.5) is 5.69 Å². The quantitative estimate of drug-likeness (QED) is 0.816. The van der Waals surface area contributed by atoms with E-state index >= 15 is 0 Å². The number of methoxy groups -OCH3 is 2. The van der Waals surface area contributed by atoms with Crippen molar-refractivity contribution >= 4 is 17.6 Å². The molecule has 0 fully saturated rings. The molecule has 2 rings (SSSR count). The second-order valence-electron chi connectivity index (χ2n) is 5.45. The Morgan fingerprint density at radius 2 is 1.68 bits per heavy atom. The number of carbonyl (C=O) groups is 2. The van der Waals surface area contributed by atoms with Crippen molar-refractivity contribution in [3.8, 4) is 11.5 Å². The zero-order valence-corrected chi connectivity index (χ0v) is 14.7. The average Bonchev–Trinajstić information content (AvgIpc) is 2.62. The highest BCUT2D eigenvalue weighted by Gasteiger charge is 2.19. The van der Waals surface area contributed by atoms with Gasteiger partial charge in [-0.3, -0.25) is 4.79 Å². The highest BCUT2D eigenvalue weighted by Crippen LogP contribution is 2.20. The van der Waals surface area contributed by atoms with E-state index in [2.05, 4.69) is 5.32 Å². The van der Waals surface area contributed by atoms with Crippen LogP contribution in [0.1, 0.15) is 22.8 Å². The van der Waals surface area contributed by atoms with Crippen molar-refractivity contribution in [2.75, 3.05) is 19.5 Å². The van der Waals surface area contributed by atoms with Crippen LogP contribution in [0.5, 0.6) is 11.5 Å². The van der Waals surface area contributed by atoms with E-state index in [1.54, 1.807) is 49.6 Å². The molecule has 132 valence electrons. The number of carbonyl (C=O) groups excluding carboxylic acids is 2. The van der Waals surface area contributed by atoms with Crippen molar-refractivity contribution in [1.29, 1.82) is 0 Å². The molecule has 0 aromatic heterocycles. The van der Waals surface area contributed by atoms with E-state index in [1.807, 2.05) is 6.92 Å². The third-order valence-corrected chi connectivity index (χ3v) is 3.65. The monoisotopic (exact) mass is 343 g/mol. The molecule has 6 nitrogen and oxygen atoms in total. The summed E-state index contributed by atoms with van der Waals surface area (Å²) in [6.07, 6.45) is -0.943. The van der Waals surface area contributed by atoms with Gasteiger partial charge in [-0.1, -0.05) is 6.07 Å². The first kappa shape index (κ1) is 18.3. The summed E-state index contributed by atoms with van der Waals surface area (Å²) in [5, 5.41) is 2.69. The maximum atomic E-state index is 12.2. The van der Waals surface area contributed by atoms with Gasteiger partial charge in [-0.15, -0.1) is 0 Å². The molecule has 1 amide bonds. The number of aryl methyl sites for hydroxylation is 1. The number of rotatable bonds is 6. The van der Waals surface area contributed by atoms with Crippen LogP contribution in [0.15, 0.2) is 42.5 Å². The second-order valence-corrected chi connectivity index (χ2v) is 5.45. The molecule has 0 saturated heterocycles. The Labute approximate surface area is 146 Å². The van der Waals surface area contributed by atoms with E-state index in [0.717, 1.165) is 5.56 Å². The van der Waals surface area contributed by atoms with Gasteiger partial charge in [0.15, 0.2) is 6.10 Å². The first-order valence-electron chi connectivity index (χ1n) is 7.75. The Hall–Kier alpha value is -3.02. The van der Waals surface area contributed by atoms with Crippen molar-refractivity contribution in [2.45, 2.75) is 20.0 Å². The minimum atomic E-state index is -0.943. The Morgan fingerprint density at radius 3 is 2.28 bits per heavy atom. The number of hydrogen-bond donors (Lipinski definition) is 1. The van der Waals surface area contributed by atoms with Crippen molar-refractivity contribution < 1.29 is 23.8 Å². The Balaban J connectivity index is 1.98. The highest BCUT2D eigenvalue weighted by molar-refractivity contribution is 5.97. The Kier molecular flexibility index (Phi) is 6.00. The molecule has 25 heavy (non-hydrogen) atoms. The van der Waals surface area contributed by atoms with Gasteiger partial charge in [0.05, 0.1) is 19.8 Å². The molecule has 1 atom stereocenters. The van der Waals surface area contributed by atoms with E-state index in [0.29, 0.717) is 22.7 Å². The molecule has 0 radical (unpaired) electrons. The Bertz CT molecular complexity index is 755. The fraction of sp³-hybridized carbons (Fsp3) is 0.263. The summed E-state index contributed by atoms with van der Waals surface area (Å²) >= 11 is 0. The zero-order valence-electron chi connectivity index (χ0n) is 14.7. The van der Waals surface area contributed by atoms with E-state index in [1.165, 1.54) is 14.0 Å². The van der Waals surface area contributed by atoms with Gasteiger partial charge in [-0.25, -0.2) is 4.79 Å². The standard InChI is InChI=1S/C19H21NO5/c1-12-5-6-14(11-17(12)24-4)19(22)25-13(2)18(21)20-15-7-9-16(23-3)10-8-15/h5-11,13H,1-4H3,(H,20,21)/t13-/m0/s1. The lowest BCUT2D eigenvalue weighted by molar-refractivity contribution is -0.123. The second kappa shape index (κ2) is 8.19. The summed E-state index contributed by atoms with van der Waals surface area (Å²) < 4.78 is 15.5. The van der Waals surface area contributed by atoms with E-state index < -0.39 is 18.0 Å². The summed E-state index contributed by atoms with van der Waals surface area (Å²) in [5.41, 5.74) is 1.82. The van der Waals surface area contributed by atoms with E-state index in [9.17, 15) is 9.59 Å². The zero-order chi connectivity index (χ0) is 18.4. The largest absolute Gasteiger partial charge is 0.497 e. The summed E-state index contributed by atoms with van der Waals surface area (Å²) in [6.45, 7) is 3.39. The van der Waals surface area contributed by atoms with Crippen LogP contribution in [-0.4, -0.2) is 32.2 Å². The van der Waals surface area contributed by atoms with Gasteiger partial charge in [-0.05, 0) is 55.8 Å². The molecule has 0 aliphatic carbocycles. The number of benzene rings is 2. The maximum absolute atomic E-state index is 12.2. The smallest absolute Gasteiger partial charge is 0.339 e. The SMILES string of the molecule is COc1ccc(NC(=O)[C@H](C)OC(=O)c2ccc(C)c(OC)c2)cc1. The van der Waals surface area contributed by atoms with Gasteiger partial charge in [0, 0.05) is 5.69 Å². The molecular weight excluding hydrogens is 322 g/mol. The molecule has 0 spiro atoms. The Morgan fingerprint density at radius 1 is 1.00 bits per heavy atom. The number of amides is 1. The summed E-state index contributed by atoms with van der Waals surface area (Å²) in [7, 11) is 3.09. The summed E-state index contributed by atoms with van der Waals surface area (Å²) in [5.74, 6) is 0.267. The number of ether oxygens (including phenoxy) is 3. The van der Waals surface area contributed by atoms with Crippen molar-refractivity contribution in [2.24, 2.45) is 0 Å². The molecule has 0 heterocycles. The van der Waals surface area contributed by atoms with Crippen LogP contribution in [0.25, 0.3) is 0 Å². The first-order valence-corrected chi connectivity index (χ1v) is 7.75. The maximum Gasteiger partial charge on any atom is 0.339 e. The molecule has 0 aliphatic heterocycles. The molecule has 6 heteroatoms. The lowest BCUT2D eigenvalue weighted by Crippen LogP contribution is -2.30. The predicted octanol–water partition coefficient (Wildman–Crippen LogP) is 3.20. The van der Waals surface area contributed by atoms with Gasteiger partial charge in [0.2, 0.25) is 0 Å². The number of hydrogen-bond acceptors (Lipinski definition) is 5. The third kappa shape index (κ3) is 4.73. The predicted molar refractivity (Wildman–Crippen MR) is 94.2 cm³/mol. The highest BCUT2D eigenvalue weighted by atomic mass is 16.5. The number of anilines is 1. The third-order valence-electron chi connectivity index (χ3n) is 3.65. The van der Waals surface area contributed by atoms with Gasteiger partial charge in [0.25, 0.3) is 5.91 Å². The normalized spacial score (nSPS) is 11.4. The molecule has 2 aromatic rings. The topological polar surface area (TPSA) is 73.9 Å². The molecule has 2 aromatic carbocycles. The van der Waals surface area contributed by atoms with Crippen LogP contribution < -0.4 is 14.8 Å². The van der Waals surface area contributed by atoms with E-state index in [4.69, 9.17) is 14.2 Å². The fourth-order valence-corrected chi connectivity index (χ4v) is 2.15. The minimum absolute atomic E-state index is 0.326. The molecule has 0 saturated carbocycles. The van der Waals surface area contributed by atoms with Crippen molar-refractivity contribution in [3.05, 3.63) is 53.6 Å². The summed E-state index contributed by atoms with van der Waals surface area (Å²) in [6, 6.07) is 11.8. The van der Waals surface area contributed by atoms with Gasteiger partial charge in [-0.2, -0.15) is 0 Å². The molecule has 0 aliphatic rings. The van der Waals surface area contributed by atoms with Crippen molar-refractivity contribution in [1.82, 2.24) is 0 Å². The average molecular weight is 343 g/mol. The van der Waals surface area contributed by atoms with Gasteiger partial charge >= 0.3 is 5.97 Å². The molecule has 0 unspecified atom stereocenters. The number of esters is 1. The van der Waals surface area contributed by atoms with Gasteiger partial charge in [0.1, 0.15) is 11.5 Å². The van der Waals surface area contributed by atoms with Crippen LogP contribution in [0, 0.1) is 6.92 Å². The lowest BCUT2D eigenvalue weighted by Gasteiger charge is -2.14.